The summed E-state index contributed by atoms with van der Waals surface area (Å²) in [7, 11) is 0. The fraction of sp³-hybridized carbons (Fsp3) is 0.833. The van der Waals surface area contributed by atoms with Crippen LogP contribution >= 0.6 is 0 Å². The van der Waals surface area contributed by atoms with Crippen LogP contribution in [0.1, 0.15) is 25.7 Å². The van der Waals surface area contributed by atoms with Crippen LogP contribution in [0.15, 0.2) is 0 Å². The van der Waals surface area contributed by atoms with E-state index in [1.165, 1.54) is 0 Å². The molecule has 0 unspecified atom stereocenters. The number of carbonyl (C=O) groups is 2. The van der Waals surface area contributed by atoms with Crippen LogP contribution in [0.3, 0.4) is 0 Å². The number of nitrogens with one attached hydrogen (secondary N) is 1. The summed E-state index contributed by atoms with van der Waals surface area (Å²) in [4.78, 5) is 23.3. The van der Waals surface area contributed by atoms with Crippen LogP contribution in [0.4, 0.5) is 0 Å². The molecule has 2 fully saturated rings. The molecule has 6 heteroatoms. The number of hydrogen-bond acceptors (Lipinski definition) is 4. The Bertz CT molecular complexity index is 315. The van der Waals surface area contributed by atoms with E-state index >= 15 is 0 Å². The number of rotatable bonds is 3. The lowest BCUT2D eigenvalue weighted by Gasteiger charge is -2.32. The third kappa shape index (κ3) is 3.20. The van der Waals surface area contributed by atoms with E-state index in [1.54, 1.807) is 0 Å². The van der Waals surface area contributed by atoms with Gasteiger partial charge in [-0.15, -0.1) is 0 Å². The highest BCUT2D eigenvalue weighted by Crippen LogP contribution is 2.30. The van der Waals surface area contributed by atoms with Crippen LogP contribution in [0, 0.1) is 11.8 Å². The number of carboxylic acids is 1. The molecule has 6 nitrogen and oxygen atoms in total. The predicted octanol–water partition coefficient (Wildman–Crippen LogP) is 0.241. The fourth-order valence-corrected chi connectivity index (χ4v) is 2.65. The van der Waals surface area contributed by atoms with Crippen LogP contribution in [-0.2, 0) is 14.3 Å². The third-order valence-electron chi connectivity index (χ3n) is 3.70. The van der Waals surface area contributed by atoms with Crippen LogP contribution < -0.4 is 5.43 Å². The van der Waals surface area contributed by atoms with E-state index in [2.05, 4.69) is 5.43 Å². The van der Waals surface area contributed by atoms with Crippen LogP contribution in [0.25, 0.3) is 0 Å². The van der Waals surface area contributed by atoms with Gasteiger partial charge in [-0.1, -0.05) is 12.8 Å². The van der Waals surface area contributed by atoms with Crippen molar-refractivity contribution in [1.82, 2.24) is 10.4 Å². The Morgan fingerprint density at radius 3 is 2.33 bits per heavy atom. The zero-order valence-electron chi connectivity index (χ0n) is 10.4. The normalized spacial score (nSPS) is 29.8. The quantitative estimate of drug-likeness (QED) is 0.756. The highest BCUT2D eigenvalue weighted by atomic mass is 16.5. The van der Waals surface area contributed by atoms with Crippen LogP contribution in [-0.4, -0.2) is 48.3 Å². The van der Waals surface area contributed by atoms with Crippen LogP contribution in [0.5, 0.6) is 0 Å². The smallest absolute Gasteiger partial charge is 0.307 e. The van der Waals surface area contributed by atoms with Gasteiger partial charge in [-0.2, -0.15) is 0 Å². The number of carboxylic acid groups (broad SMARTS) is 1. The maximum atomic E-state index is 12.1. The van der Waals surface area contributed by atoms with Crippen molar-refractivity contribution in [3.8, 4) is 0 Å². The number of nitrogens with zero attached hydrogens (tertiary/aromatic N) is 1. The van der Waals surface area contributed by atoms with Crippen molar-refractivity contribution in [2.45, 2.75) is 25.7 Å². The highest BCUT2D eigenvalue weighted by Gasteiger charge is 2.36. The second kappa shape index (κ2) is 6.15. The minimum absolute atomic E-state index is 0.149. The summed E-state index contributed by atoms with van der Waals surface area (Å²) >= 11 is 0. The Labute approximate surface area is 106 Å². The Hall–Kier alpha value is -1.14. The molecule has 0 bridgehead atoms. The number of ether oxygens (including phenoxy) is 1. The summed E-state index contributed by atoms with van der Waals surface area (Å²) in [6.07, 6.45) is 3.12. The van der Waals surface area contributed by atoms with Gasteiger partial charge >= 0.3 is 5.97 Å². The van der Waals surface area contributed by atoms with E-state index in [0.717, 1.165) is 12.8 Å². The summed E-state index contributed by atoms with van der Waals surface area (Å²) in [6.45, 7) is 2.53. The SMILES string of the molecule is O=C(NN1CCOCC1)[C@H]1CCCC[C@H]1C(=O)O. The van der Waals surface area contributed by atoms with Gasteiger partial charge < -0.3 is 9.84 Å². The molecule has 1 aliphatic carbocycles. The number of hydrazine groups is 1. The Morgan fingerprint density at radius 2 is 1.72 bits per heavy atom. The van der Waals surface area contributed by atoms with Gasteiger partial charge in [-0.05, 0) is 12.8 Å². The van der Waals surface area contributed by atoms with Gasteiger partial charge in [0.1, 0.15) is 0 Å². The molecule has 0 aromatic heterocycles. The number of carbonyl (C=O) groups excluding carboxylic acids is 1. The predicted molar refractivity (Wildman–Crippen MR) is 63.6 cm³/mol. The fourth-order valence-electron chi connectivity index (χ4n) is 2.65. The second-order valence-corrected chi connectivity index (χ2v) is 4.91. The van der Waals surface area contributed by atoms with Gasteiger partial charge in [0.15, 0.2) is 0 Å². The molecule has 0 aromatic carbocycles. The third-order valence-corrected chi connectivity index (χ3v) is 3.70. The zero-order valence-corrected chi connectivity index (χ0v) is 10.4. The molecule has 1 heterocycles. The molecule has 0 spiro atoms. The van der Waals surface area contributed by atoms with E-state index in [9.17, 15) is 9.59 Å². The van der Waals surface area contributed by atoms with E-state index in [4.69, 9.17) is 9.84 Å². The molecule has 18 heavy (non-hydrogen) atoms. The molecule has 2 aliphatic rings. The Balaban J connectivity index is 1.91. The van der Waals surface area contributed by atoms with Crippen molar-refractivity contribution in [2.75, 3.05) is 26.3 Å². The van der Waals surface area contributed by atoms with Crippen molar-refractivity contribution < 1.29 is 19.4 Å². The monoisotopic (exact) mass is 256 g/mol. The molecule has 0 radical (unpaired) electrons. The van der Waals surface area contributed by atoms with Gasteiger partial charge in [0.25, 0.3) is 0 Å². The van der Waals surface area contributed by atoms with E-state index in [-0.39, 0.29) is 11.8 Å². The minimum atomic E-state index is -0.850. The molecule has 1 saturated carbocycles. The van der Waals surface area contributed by atoms with Gasteiger partial charge in [0.2, 0.25) is 5.91 Å². The van der Waals surface area contributed by atoms with Crippen molar-refractivity contribution in [3.63, 3.8) is 0 Å². The molecular formula is C12H20N2O4. The molecule has 2 atom stereocenters. The van der Waals surface area contributed by atoms with Gasteiger partial charge in [0.05, 0.1) is 25.0 Å². The first-order valence-electron chi connectivity index (χ1n) is 6.54. The molecule has 1 saturated heterocycles. The van der Waals surface area contributed by atoms with Gasteiger partial charge in [-0.25, -0.2) is 5.01 Å². The number of morpholine rings is 1. The summed E-state index contributed by atoms with van der Waals surface area (Å²) in [5.74, 6) is -1.92. The van der Waals surface area contributed by atoms with E-state index in [1.807, 2.05) is 5.01 Å². The average Bonchev–Trinajstić information content (AvgIpc) is 2.40. The minimum Gasteiger partial charge on any atom is -0.481 e. The molecule has 2 N–H and O–H groups in total. The van der Waals surface area contributed by atoms with Crippen LogP contribution in [0.2, 0.25) is 0 Å². The van der Waals surface area contributed by atoms with Crippen molar-refractivity contribution in [1.29, 1.82) is 0 Å². The molecule has 1 aliphatic heterocycles. The lowest BCUT2D eigenvalue weighted by atomic mass is 9.79. The Morgan fingerprint density at radius 1 is 1.11 bits per heavy atom. The van der Waals surface area contributed by atoms with Gasteiger partial charge in [0, 0.05) is 13.1 Å². The Kier molecular flexibility index (Phi) is 4.54. The summed E-state index contributed by atoms with van der Waals surface area (Å²) in [6, 6.07) is 0. The molecule has 0 aromatic rings. The van der Waals surface area contributed by atoms with Crippen molar-refractivity contribution >= 4 is 11.9 Å². The molecule has 2 rings (SSSR count). The largest absolute Gasteiger partial charge is 0.481 e. The maximum Gasteiger partial charge on any atom is 0.307 e. The van der Waals surface area contributed by atoms with Crippen molar-refractivity contribution in [2.24, 2.45) is 11.8 Å². The summed E-state index contributed by atoms with van der Waals surface area (Å²) in [5.41, 5.74) is 2.82. The number of aliphatic carboxylic acids is 1. The summed E-state index contributed by atoms with van der Waals surface area (Å²) in [5, 5.41) is 11.0. The van der Waals surface area contributed by atoms with E-state index < -0.39 is 11.9 Å². The first kappa shape index (κ1) is 13.3. The van der Waals surface area contributed by atoms with Gasteiger partial charge in [-0.3, -0.25) is 15.0 Å². The van der Waals surface area contributed by atoms with E-state index in [0.29, 0.717) is 39.1 Å². The van der Waals surface area contributed by atoms with Crippen molar-refractivity contribution in [3.05, 3.63) is 0 Å². The lowest BCUT2D eigenvalue weighted by molar-refractivity contribution is -0.150. The summed E-state index contributed by atoms with van der Waals surface area (Å²) < 4.78 is 5.20. The topological polar surface area (TPSA) is 78.9 Å². The molecule has 102 valence electrons. The number of amides is 1. The lowest BCUT2D eigenvalue weighted by Crippen LogP contribution is -2.52. The maximum absolute atomic E-state index is 12.1. The first-order chi connectivity index (χ1) is 8.68. The highest BCUT2D eigenvalue weighted by molar-refractivity contribution is 5.84. The average molecular weight is 256 g/mol. The zero-order chi connectivity index (χ0) is 13.0. The standard InChI is InChI=1S/C12H20N2O4/c15-11(13-14-5-7-18-8-6-14)9-3-1-2-4-10(9)12(16)17/h9-10H,1-8H2,(H,13,15)(H,16,17)/t9-,10+/m0/s1. The first-order valence-corrected chi connectivity index (χ1v) is 6.54. The molecule has 1 amide bonds. The number of hydrogen-bond donors (Lipinski definition) is 2. The second-order valence-electron chi connectivity index (χ2n) is 4.91. The molecular weight excluding hydrogens is 236 g/mol.